The van der Waals surface area contributed by atoms with E-state index in [9.17, 15) is 19.2 Å². The molecule has 0 aromatic heterocycles. The first-order valence-electron chi connectivity index (χ1n) is 12.7. The Balaban J connectivity index is 1.87. The van der Waals surface area contributed by atoms with Gasteiger partial charge in [-0.25, -0.2) is 0 Å². The van der Waals surface area contributed by atoms with Gasteiger partial charge < -0.3 is 14.2 Å². The van der Waals surface area contributed by atoms with Crippen LogP contribution in [-0.4, -0.2) is 36.9 Å². The number of hydrogen-bond donors (Lipinski definition) is 0. The quantitative estimate of drug-likeness (QED) is 0.0763. The smallest absolute Gasteiger partial charge is 0.323 e. The third-order valence-electron chi connectivity index (χ3n) is 6.18. The van der Waals surface area contributed by atoms with E-state index in [0.717, 1.165) is 20.3 Å². The Kier molecular flexibility index (Phi) is 10.8. The molecule has 0 spiro atoms. The molecular formula is C31H31IO7. The fraction of sp³-hybridized carbons (Fsp3) is 0.290. The molecule has 7 nitrogen and oxygen atoms in total. The van der Waals surface area contributed by atoms with Crippen LogP contribution in [0.2, 0.25) is 0 Å². The molecule has 204 valence electrons. The lowest BCUT2D eigenvalue weighted by molar-refractivity contribution is -0.172. The number of hydrogen-bond acceptors (Lipinski definition) is 7. The third kappa shape index (κ3) is 7.98. The Hall–Kier alpha value is -3.53. The number of Topliss-reactive ketones (excluding diaryl/α,β-unsaturated/α-hetero) is 1. The zero-order valence-electron chi connectivity index (χ0n) is 22.2. The van der Waals surface area contributed by atoms with E-state index in [0.29, 0.717) is 17.7 Å². The minimum Gasteiger partial charge on any atom is -0.465 e. The Bertz CT molecular complexity index is 1300. The Morgan fingerprint density at radius 1 is 0.795 bits per heavy atom. The van der Waals surface area contributed by atoms with Gasteiger partial charge >= 0.3 is 17.9 Å². The van der Waals surface area contributed by atoms with Crippen molar-refractivity contribution in [3.05, 3.63) is 87.5 Å². The molecule has 0 saturated heterocycles. The van der Waals surface area contributed by atoms with Crippen LogP contribution in [-0.2, 0) is 30.3 Å². The lowest BCUT2D eigenvalue weighted by atomic mass is 9.76. The van der Waals surface area contributed by atoms with Gasteiger partial charge in [-0.1, -0.05) is 48.5 Å². The van der Waals surface area contributed by atoms with Crippen LogP contribution in [0.3, 0.4) is 0 Å². The second kappa shape index (κ2) is 14.0. The fourth-order valence-electron chi connectivity index (χ4n) is 4.21. The summed E-state index contributed by atoms with van der Waals surface area (Å²) in [6.45, 7) is 4.80. The number of esters is 3. The minimum atomic E-state index is -1.77. The number of aryl methyl sites for hydroxylation is 1. The Morgan fingerprint density at radius 3 is 1.87 bits per heavy atom. The summed E-state index contributed by atoms with van der Waals surface area (Å²) in [6, 6.07) is 21.7. The normalized spacial score (nSPS) is 11.0. The maximum Gasteiger partial charge on any atom is 0.323 e. The number of ketones is 1. The summed E-state index contributed by atoms with van der Waals surface area (Å²) in [4.78, 5) is 51.1. The predicted octanol–water partition coefficient (Wildman–Crippen LogP) is 6.20. The van der Waals surface area contributed by atoms with Crippen LogP contribution < -0.4 is 4.74 Å². The van der Waals surface area contributed by atoms with Gasteiger partial charge in [-0.2, -0.15) is 0 Å². The summed E-state index contributed by atoms with van der Waals surface area (Å²) in [6.07, 6.45) is 0.0955. The largest absolute Gasteiger partial charge is 0.465 e. The lowest BCUT2D eigenvalue weighted by Crippen LogP contribution is -2.44. The second-order valence-corrected chi connectivity index (χ2v) is 10.2. The molecule has 3 aromatic rings. The van der Waals surface area contributed by atoms with Crippen LogP contribution in [0, 0.1) is 8.99 Å². The summed E-state index contributed by atoms with van der Waals surface area (Å²) >= 11 is 2.20. The van der Waals surface area contributed by atoms with E-state index in [1.54, 1.807) is 50.2 Å². The topological polar surface area (TPSA) is 96.0 Å². The molecule has 0 aliphatic rings. The molecule has 0 aliphatic heterocycles. The highest BCUT2D eigenvalue weighted by Gasteiger charge is 2.50. The highest BCUT2D eigenvalue weighted by molar-refractivity contribution is 14.1. The molecular weight excluding hydrogens is 611 g/mol. The predicted molar refractivity (Wildman–Crippen MR) is 155 cm³/mol. The summed E-state index contributed by atoms with van der Waals surface area (Å²) in [5.74, 6) is -1.84. The SMILES string of the molecule is CCOC(=O)C(CCc1cccc(I)c1)(CC(=O)c1ccc(-c2ccc(OC(C)=O)cc2)cc1)C(=O)OCC. The molecule has 0 atom stereocenters. The second-order valence-electron chi connectivity index (χ2n) is 8.95. The maximum atomic E-state index is 13.5. The van der Waals surface area contributed by atoms with Gasteiger partial charge in [0.1, 0.15) is 5.75 Å². The third-order valence-corrected chi connectivity index (χ3v) is 6.85. The van der Waals surface area contributed by atoms with Crippen LogP contribution >= 0.6 is 22.6 Å². The molecule has 39 heavy (non-hydrogen) atoms. The summed E-state index contributed by atoms with van der Waals surface area (Å²) in [7, 11) is 0. The van der Waals surface area contributed by atoms with Crippen molar-refractivity contribution in [2.24, 2.45) is 5.41 Å². The molecule has 0 fully saturated rings. The average Bonchev–Trinajstić information content (AvgIpc) is 2.91. The van der Waals surface area contributed by atoms with Crippen molar-refractivity contribution in [1.29, 1.82) is 0 Å². The molecule has 0 amide bonds. The standard InChI is InChI=1S/C31H31IO7/c1-4-37-29(35)31(30(36)38-5-2,18-17-22-7-6-8-26(32)19-22)20-28(34)25-11-9-23(10-12-25)24-13-15-27(16-14-24)39-21(3)33/h6-16,19H,4-5,17-18,20H2,1-3H3. The van der Waals surface area contributed by atoms with E-state index >= 15 is 0 Å². The van der Waals surface area contributed by atoms with Crippen molar-refractivity contribution in [3.63, 3.8) is 0 Å². The minimum absolute atomic E-state index is 0.0718. The Labute approximate surface area is 242 Å². The van der Waals surface area contributed by atoms with Gasteiger partial charge in [0.15, 0.2) is 11.2 Å². The molecule has 0 saturated carbocycles. The van der Waals surface area contributed by atoms with Crippen molar-refractivity contribution in [3.8, 4) is 16.9 Å². The summed E-state index contributed by atoms with van der Waals surface area (Å²) < 4.78 is 16.7. The van der Waals surface area contributed by atoms with Crippen LogP contribution in [0.4, 0.5) is 0 Å². The number of ether oxygens (including phenoxy) is 3. The van der Waals surface area contributed by atoms with Crippen LogP contribution in [0.1, 0.15) is 49.5 Å². The first-order chi connectivity index (χ1) is 18.7. The van der Waals surface area contributed by atoms with Gasteiger partial charge in [-0.05, 0) is 90.2 Å². The van der Waals surface area contributed by atoms with Gasteiger partial charge in [0.25, 0.3) is 0 Å². The molecule has 0 N–H and O–H groups in total. The molecule has 0 unspecified atom stereocenters. The molecule has 0 radical (unpaired) electrons. The van der Waals surface area contributed by atoms with Crippen molar-refractivity contribution in [2.75, 3.05) is 13.2 Å². The number of benzene rings is 3. The molecule has 3 rings (SSSR count). The zero-order valence-corrected chi connectivity index (χ0v) is 24.4. The monoisotopic (exact) mass is 642 g/mol. The molecule has 8 heteroatoms. The van der Waals surface area contributed by atoms with Gasteiger partial charge in [0, 0.05) is 22.5 Å². The van der Waals surface area contributed by atoms with Gasteiger partial charge in [0.2, 0.25) is 0 Å². The van der Waals surface area contributed by atoms with Crippen LogP contribution in [0.5, 0.6) is 5.75 Å². The van der Waals surface area contributed by atoms with Gasteiger partial charge in [0.05, 0.1) is 13.2 Å². The lowest BCUT2D eigenvalue weighted by Gasteiger charge is -2.29. The number of halogens is 1. The molecule has 3 aromatic carbocycles. The van der Waals surface area contributed by atoms with E-state index < -0.39 is 23.3 Å². The van der Waals surface area contributed by atoms with E-state index in [4.69, 9.17) is 14.2 Å². The van der Waals surface area contributed by atoms with Crippen LogP contribution in [0.25, 0.3) is 11.1 Å². The summed E-state index contributed by atoms with van der Waals surface area (Å²) in [5, 5.41) is 0. The molecule has 0 aliphatic carbocycles. The summed E-state index contributed by atoms with van der Waals surface area (Å²) in [5.41, 5.74) is 1.26. The van der Waals surface area contributed by atoms with Crippen molar-refractivity contribution < 1.29 is 33.4 Å². The molecule has 0 bridgehead atoms. The first kappa shape index (κ1) is 30.0. The highest BCUT2D eigenvalue weighted by Crippen LogP contribution is 2.35. The van der Waals surface area contributed by atoms with E-state index in [1.165, 1.54) is 6.92 Å². The fourth-order valence-corrected chi connectivity index (χ4v) is 4.82. The van der Waals surface area contributed by atoms with E-state index in [1.807, 2.05) is 36.4 Å². The molecule has 0 heterocycles. The highest BCUT2D eigenvalue weighted by atomic mass is 127. The van der Waals surface area contributed by atoms with Gasteiger partial charge in [-0.15, -0.1) is 0 Å². The van der Waals surface area contributed by atoms with Crippen molar-refractivity contribution >= 4 is 46.3 Å². The van der Waals surface area contributed by atoms with E-state index in [-0.39, 0.29) is 31.8 Å². The average molecular weight is 642 g/mol. The maximum absolute atomic E-state index is 13.5. The van der Waals surface area contributed by atoms with Crippen LogP contribution in [0.15, 0.2) is 72.8 Å². The Morgan fingerprint density at radius 2 is 1.36 bits per heavy atom. The van der Waals surface area contributed by atoms with Gasteiger partial charge in [-0.3, -0.25) is 19.2 Å². The number of rotatable bonds is 12. The van der Waals surface area contributed by atoms with Crippen molar-refractivity contribution in [2.45, 2.75) is 40.0 Å². The zero-order chi connectivity index (χ0) is 28.4. The first-order valence-corrected chi connectivity index (χ1v) is 13.8. The number of carbonyl (C=O) groups is 4. The van der Waals surface area contributed by atoms with Crippen molar-refractivity contribution in [1.82, 2.24) is 0 Å². The number of carbonyl (C=O) groups excluding carboxylic acids is 4. The van der Waals surface area contributed by atoms with E-state index in [2.05, 4.69) is 22.6 Å².